The van der Waals surface area contributed by atoms with Crippen LogP contribution in [0.3, 0.4) is 0 Å². The summed E-state index contributed by atoms with van der Waals surface area (Å²) >= 11 is 0. The number of benzene rings is 1. The van der Waals surface area contributed by atoms with Gasteiger partial charge in [-0.3, -0.25) is 0 Å². The van der Waals surface area contributed by atoms with Crippen LogP contribution in [0.25, 0.3) is 0 Å². The van der Waals surface area contributed by atoms with Gasteiger partial charge in [0.05, 0.1) is 19.3 Å². The smallest absolute Gasteiger partial charge is 0.322 e. The van der Waals surface area contributed by atoms with Gasteiger partial charge in [-0.05, 0) is 24.6 Å². The van der Waals surface area contributed by atoms with Crippen molar-refractivity contribution in [3.63, 3.8) is 0 Å². The molecular formula is C13H18F2N2O3. The lowest BCUT2D eigenvalue weighted by Gasteiger charge is -2.22. The van der Waals surface area contributed by atoms with E-state index < -0.39 is 31.7 Å². The number of halogens is 2. The minimum absolute atomic E-state index is 0.174. The molecule has 112 valence electrons. The van der Waals surface area contributed by atoms with Crippen molar-refractivity contribution in [3.8, 4) is 0 Å². The highest BCUT2D eigenvalue weighted by molar-refractivity contribution is 5.89. The SMILES string of the molecule is CC(O)c1cccc(NC(=O)N(CCO)CC(F)F)c1. The predicted octanol–water partition coefficient (Wildman–Crippen LogP) is 1.83. The molecule has 0 bridgehead atoms. The van der Waals surface area contributed by atoms with Gasteiger partial charge in [-0.25, -0.2) is 13.6 Å². The number of alkyl halides is 2. The number of nitrogens with one attached hydrogen (secondary N) is 1. The summed E-state index contributed by atoms with van der Waals surface area (Å²) in [5, 5.41) is 20.7. The summed E-state index contributed by atoms with van der Waals surface area (Å²) in [4.78, 5) is 12.7. The van der Waals surface area contributed by atoms with Gasteiger partial charge in [0.2, 0.25) is 0 Å². The number of hydrogen-bond acceptors (Lipinski definition) is 3. The molecule has 1 aromatic carbocycles. The average Bonchev–Trinajstić information content (AvgIpc) is 2.38. The summed E-state index contributed by atoms with van der Waals surface area (Å²) in [7, 11) is 0. The number of aliphatic hydroxyl groups is 2. The second-order valence-electron chi connectivity index (χ2n) is 4.29. The number of aliphatic hydroxyl groups excluding tert-OH is 2. The molecule has 1 rings (SSSR count). The van der Waals surface area contributed by atoms with Crippen LogP contribution in [0, 0.1) is 0 Å². The van der Waals surface area contributed by atoms with E-state index in [9.17, 15) is 18.7 Å². The van der Waals surface area contributed by atoms with Crippen molar-refractivity contribution in [3.05, 3.63) is 29.8 Å². The Hall–Kier alpha value is -1.73. The highest BCUT2D eigenvalue weighted by atomic mass is 19.3. The lowest BCUT2D eigenvalue weighted by Crippen LogP contribution is -2.40. The fourth-order valence-electron chi connectivity index (χ4n) is 1.64. The van der Waals surface area contributed by atoms with E-state index in [2.05, 4.69) is 5.32 Å². The van der Waals surface area contributed by atoms with Crippen LogP contribution in [0.5, 0.6) is 0 Å². The van der Waals surface area contributed by atoms with Gasteiger partial charge in [-0.15, -0.1) is 0 Å². The molecule has 0 aliphatic carbocycles. The third kappa shape index (κ3) is 5.10. The Morgan fingerprint density at radius 1 is 1.45 bits per heavy atom. The fourth-order valence-corrected chi connectivity index (χ4v) is 1.64. The third-order valence-corrected chi connectivity index (χ3v) is 2.64. The van der Waals surface area contributed by atoms with Crippen molar-refractivity contribution in [1.29, 1.82) is 0 Å². The first-order valence-electron chi connectivity index (χ1n) is 6.17. The summed E-state index contributed by atoms with van der Waals surface area (Å²) in [6, 6.07) is 5.75. The number of amides is 2. The fraction of sp³-hybridized carbons (Fsp3) is 0.462. The van der Waals surface area contributed by atoms with Gasteiger partial charge in [0, 0.05) is 12.2 Å². The maximum absolute atomic E-state index is 12.3. The number of carbonyl (C=O) groups is 1. The molecule has 0 radical (unpaired) electrons. The van der Waals surface area contributed by atoms with Crippen LogP contribution < -0.4 is 5.32 Å². The molecule has 1 atom stereocenters. The largest absolute Gasteiger partial charge is 0.395 e. The molecule has 1 unspecified atom stereocenters. The van der Waals surface area contributed by atoms with Crippen LogP contribution in [-0.4, -0.2) is 47.3 Å². The molecule has 1 aromatic rings. The van der Waals surface area contributed by atoms with Crippen LogP contribution in [-0.2, 0) is 0 Å². The van der Waals surface area contributed by atoms with Gasteiger partial charge in [0.25, 0.3) is 6.43 Å². The van der Waals surface area contributed by atoms with Crippen molar-refractivity contribution in [1.82, 2.24) is 4.90 Å². The number of hydrogen-bond donors (Lipinski definition) is 3. The first-order chi connectivity index (χ1) is 9.43. The van der Waals surface area contributed by atoms with Crippen molar-refractivity contribution in [2.45, 2.75) is 19.5 Å². The quantitative estimate of drug-likeness (QED) is 0.747. The average molecular weight is 288 g/mol. The zero-order valence-corrected chi connectivity index (χ0v) is 11.1. The second kappa shape index (κ2) is 7.76. The standard InChI is InChI=1S/C13H18F2N2O3/c1-9(19)10-3-2-4-11(7-10)16-13(20)17(5-6-18)8-12(14)15/h2-4,7,9,12,18-19H,5-6,8H2,1H3,(H,16,20). The topological polar surface area (TPSA) is 72.8 Å². The van der Waals surface area contributed by atoms with E-state index in [1.807, 2.05) is 0 Å². The molecule has 0 heterocycles. The highest BCUT2D eigenvalue weighted by Gasteiger charge is 2.18. The van der Waals surface area contributed by atoms with E-state index in [1.54, 1.807) is 31.2 Å². The van der Waals surface area contributed by atoms with E-state index in [-0.39, 0.29) is 6.54 Å². The van der Waals surface area contributed by atoms with Gasteiger partial charge < -0.3 is 20.4 Å². The Kier molecular flexibility index (Phi) is 6.33. The van der Waals surface area contributed by atoms with E-state index in [1.165, 1.54) is 0 Å². The maximum Gasteiger partial charge on any atom is 0.322 e. The Morgan fingerprint density at radius 3 is 2.70 bits per heavy atom. The van der Waals surface area contributed by atoms with Crippen molar-refractivity contribution < 1.29 is 23.8 Å². The van der Waals surface area contributed by atoms with Crippen LogP contribution in [0.1, 0.15) is 18.6 Å². The molecule has 0 saturated heterocycles. The monoisotopic (exact) mass is 288 g/mol. The van der Waals surface area contributed by atoms with Crippen LogP contribution in [0.2, 0.25) is 0 Å². The van der Waals surface area contributed by atoms with Crippen LogP contribution in [0.15, 0.2) is 24.3 Å². The molecule has 0 fully saturated rings. The lowest BCUT2D eigenvalue weighted by molar-refractivity contribution is 0.0943. The Bertz CT molecular complexity index is 441. The van der Waals surface area contributed by atoms with Crippen molar-refractivity contribution >= 4 is 11.7 Å². The van der Waals surface area contributed by atoms with Crippen LogP contribution >= 0.6 is 0 Å². The molecule has 0 saturated carbocycles. The summed E-state index contributed by atoms with van der Waals surface area (Å²) < 4.78 is 24.7. The molecular weight excluding hydrogens is 270 g/mol. The summed E-state index contributed by atoms with van der Waals surface area (Å²) in [6.45, 7) is 0.262. The molecule has 3 N–H and O–H groups in total. The molecule has 2 amide bonds. The first-order valence-corrected chi connectivity index (χ1v) is 6.17. The number of nitrogens with zero attached hydrogens (tertiary/aromatic N) is 1. The minimum Gasteiger partial charge on any atom is -0.395 e. The van der Waals surface area contributed by atoms with Gasteiger partial charge in [0.1, 0.15) is 0 Å². The Morgan fingerprint density at radius 2 is 2.15 bits per heavy atom. The molecule has 5 nitrogen and oxygen atoms in total. The zero-order valence-electron chi connectivity index (χ0n) is 11.1. The molecule has 20 heavy (non-hydrogen) atoms. The van der Waals surface area contributed by atoms with E-state index in [0.29, 0.717) is 11.3 Å². The lowest BCUT2D eigenvalue weighted by atomic mass is 10.1. The summed E-state index contributed by atoms with van der Waals surface area (Å²) in [5.74, 6) is 0. The van der Waals surface area contributed by atoms with E-state index >= 15 is 0 Å². The number of carbonyl (C=O) groups excluding carboxylic acids is 1. The summed E-state index contributed by atoms with van der Waals surface area (Å²) in [5.41, 5.74) is 0.996. The van der Waals surface area contributed by atoms with Gasteiger partial charge in [0.15, 0.2) is 0 Å². The second-order valence-corrected chi connectivity index (χ2v) is 4.29. The molecule has 0 spiro atoms. The first kappa shape index (κ1) is 16.3. The Labute approximate surface area is 115 Å². The van der Waals surface area contributed by atoms with E-state index in [0.717, 1.165) is 4.90 Å². The van der Waals surface area contributed by atoms with Crippen molar-refractivity contribution in [2.75, 3.05) is 25.0 Å². The molecule has 0 aliphatic heterocycles. The van der Waals surface area contributed by atoms with Gasteiger partial charge >= 0.3 is 6.03 Å². The summed E-state index contributed by atoms with van der Waals surface area (Å²) in [6.07, 6.45) is -3.36. The highest BCUT2D eigenvalue weighted by Crippen LogP contribution is 2.17. The molecule has 0 aliphatic rings. The number of rotatable bonds is 6. The van der Waals surface area contributed by atoms with Crippen molar-refractivity contribution in [2.24, 2.45) is 0 Å². The van der Waals surface area contributed by atoms with Crippen LogP contribution in [0.4, 0.5) is 19.3 Å². The van der Waals surface area contributed by atoms with Gasteiger partial charge in [-0.2, -0.15) is 0 Å². The number of anilines is 1. The molecule has 7 heteroatoms. The predicted molar refractivity (Wildman–Crippen MR) is 70.8 cm³/mol. The third-order valence-electron chi connectivity index (χ3n) is 2.64. The normalized spacial score (nSPS) is 12.3. The van der Waals surface area contributed by atoms with E-state index in [4.69, 9.17) is 5.11 Å². The number of urea groups is 1. The Balaban J connectivity index is 2.74. The minimum atomic E-state index is -2.67. The maximum atomic E-state index is 12.3. The van der Waals surface area contributed by atoms with Gasteiger partial charge in [-0.1, -0.05) is 12.1 Å². The zero-order chi connectivity index (χ0) is 15.1. The molecule has 0 aromatic heterocycles.